The van der Waals surface area contributed by atoms with E-state index >= 15 is 0 Å². The first-order valence-corrected chi connectivity index (χ1v) is 9.72. The molecule has 2 aliphatic rings. The van der Waals surface area contributed by atoms with Gasteiger partial charge in [0.25, 0.3) is 0 Å². The fraction of sp³-hybridized carbons (Fsp3) is 0.650. The van der Waals surface area contributed by atoms with Crippen molar-refractivity contribution in [1.82, 2.24) is 15.1 Å². The zero-order valence-corrected chi connectivity index (χ0v) is 16.0. The summed E-state index contributed by atoms with van der Waals surface area (Å²) in [7, 11) is 1.89. The van der Waals surface area contributed by atoms with Gasteiger partial charge in [-0.2, -0.15) is 0 Å². The molecule has 5 heteroatoms. The molecule has 0 amide bonds. The SMILES string of the molecule is CCN1CCN(CC(C)CNC(=NC)N2CCc3ccccc32)CC1. The Balaban J connectivity index is 1.47. The summed E-state index contributed by atoms with van der Waals surface area (Å²) in [5.41, 5.74) is 2.73. The van der Waals surface area contributed by atoms with Crippen LogP contribution in [0.25, 0.3) is 0 Å². The number of hydrogen-bond acceptors (Lipinski definition) is 3. The second-order valence-corrected chi connectivity index (χ2v) is 7.30. The van der Waals surface area contributed by atoms with Crippen LogP contribution in [-0.4, -0.2) is 75.2 Å². The molecule has 0 radical (unpaired) electrons. The molecule has 0 aromatic heterocycles. The summed E-state index contributed by atoms with van der Waals surface area (Å²) in [6.45, 7) is 13.8. The van der Waals surface area contributed by atoms with Crippen LogP contribution in [0, 0.1) is 5.92 Å². The van der Waals surface area contributed by atoms with Crippen LogP contribution in [0.3, 0.4) is 0 Å². The third kappa shape index (κ3) is 4.53. The highest BCUT2D eigenvalue weighted by Crippen LogP contribution is 2.27. The van der Waals surface area contributed by atoms with Crippen molar-refractivity contribution < 1.29 is 0 Å². The van der Waals surface area contributed by atoms with Gasteiger partial charge >= 0.3 is 0 Å². The molecule has 138 valence electrons. The molecule has 0 spiro atoms. The van der Waals surface area contributed by atoms with E-state index < -0.39 is 0 Å². The van der Waals surface area contributed by atoms with Crippen LogP contribution in [0.5, 0.6) is 0 Å². The molecule has 5 nitrogen and oxygen atoms in total. The van der Waals surface area contributed by atoms with Crippen LogP contribution in [0.15, 0.2) is 29.3 Å². The van der Waals surface area contributed by atoms with Crippen LogP contribution in [0.2, 0.25) is 0 Å². The zero-order valence-electron chi connectivity index (χ0n) is 16.0. The second kappa shape index (κ2) is 8.68. The molecule has 1 aromatic rings. The minimum atomic E-state index is 0.614. The van der Waals surface area contributed by atoms with Gasteiger partial charge < -0.3 is 20.0 Å². The number of guanidine groups is 1. The molecule has 25 heavy (non-hydrogen) atoms. The number of piperazine rings is 1. The molecule has 0 saturated carbocycles. The van der Waals surface area contributed by atoms with Gasteiger partial charge in [0, 0.05) is 58.5 Å². The van der Waals surface area contributed by atoms with Crippen molar-refractivity contribution in [2.24, 2.45) is 10.9 Å². The Kier molecular flexibility index (Phi) is 6.32. The average Bonchev–Trinajstić information content (AvgIpc) is 3.07. The third-order valence-electron chi connectivity index (χ3n) is 5.45. The molecule has 3 rings (SSSR count). The zero-order chi connectivity index (χ0) is 17.6. The highest BCUT2D eigenvalue weighted by Gasteiger charge is 2.23. The molecule has 1 N–H and O–H groups in total. The highest BCUT2D eigenvalue weighted by atomic mass is 15.3. The predicted molar refractivity (Wildman–Crippen MR) is 107 cm³/mol. The summed E-state index contributed by atoms with van der Waals surface area (Å²) in [5, 5.41) is 3.60. The van der Waals surface area contributed by atoms with Gasteiger partial charge in [-0.05, 0) is 30.5 Å². The van der Waals surface area contributed by atoms with Crippen LogP contribution >= 0.6 is 0 Å². The number of benzene rings is 1. The van der Waals surface area contributed by atoms with Gasteiger partial charge in [0.05, 0.1) is 0 Å². The van der Waals surface area contributed by atoms with Crippen molar-refractivity contribution >= 4 is 11.6 Å². The smallest absolute Gasteiger partial charge is 0.198 e. The highest BCUT2D eigenvalue weighted by molar-refractivity contribution is 5.97. The predicted octanol–water partition coefficient (Wildman–Crippen LogP) is 1.90. The summed E-state index contributed by atoms with van der Waals surface area (Å²) in [5.74, 6) is 1.62. The number of rotatable bonds is 5. The number of aliphatic imine (C=N–C) groups is 1. The lowest BCUT2D eigenvalue weighted by Crippen LogP contribution is -2.49. The van der Waals surface area contributed by atoms with Gasteiger partial charge in [0.2, 0.25) is 0 Å². The third-order valence-corrected chi connectivity index (χ3v) is 5.45. The standard InChI is InChI=1S/C20H33N5/c1-4-23-11-13-24(14-12-23)16-17(2)15-22-20(21-3)25-10-9-18-7-5-6-8-19(18)25/h5-8,17H,4,9-16H2,1-3H3,(H,21,22). The van der Waals surface area contributed by atoms with Crippen molar-refractivity contribution in [3.63, 3.8) is 0 Å². The van der Waals surface area contributed by atoms with Crippen molar-refractivity contribution in [1.29, 1.82) is 0 Å². The monoisotopic (exact) mass is 343 g/mol. The lowest BCUT2D eigenvalue weighted by molar-refractivity contribution is 0.124. The van der Waals surface area contributed by atoms with Gasteiger partial charge in [-0.3, -0.25) is 4.99 Å². The Bertz CT molecular complexity index is 577. The van der Waals surface area contributed by atoms with Crippen LogP contribution < -0.4 is 10.2 Å². The Hall–Kier alpha value is -1.59. The number of hydrogen-bond donors (Lipinski definition) is 1. The topological polar surface area (TPSA) is 34.1 Å². The molecule has 1 fully saturated rings. The molecule has 1 unspecified atom stereocenters. The molecular formula is C20H33N5. The number of nitrogens with one attached hydrogen (secondary N) is 1. The van der Waals surface area contributed by atoms with E-state index in [9.17, 15) is 0 Å². The van der Waals surface area contributed by atoms with Crippen molar-refractivity contribution in [2.75, 3.05) is 64.3 Å². The first kappa shape index (κ1) is 18.2. The maximum absolute atomic E-state index is 4.52. The molecule has 2 heterocycles. The average molecular weight is 344 g/mol. The summed E-state index contributed by atoms with van der Waals surface area (Å²) in [6.07, 6.45) is 1.11. The minimum absolute atomic E-state index is 0.614. The van der Waals surface area contributed by atoms with E-state index in [1.165, 1.54) is 44.0 Å². The fourth-order valence-corrected chi connectivity index (χ4v) is 3.91. The van der Waals surface area contributed by atoms with E-state index in [-0.39, 0.29) is 0 Å². The summed E-state index contributed by atoms with van der Waals surface area (Å²) in [4.78, 5) is 12.0. The fourth-order valence-electron chi connectivity index (χ4n) is 3.91. The molecule has 1 saturated heterocycles. The van der Waals surface area contributed by atoms with Crippen LogP contribution in [-0.2, 0) is 6.42 Å². The largest absolute Gasteiger partial charge is 0.356 e. The summed E-state index contributed by atoms with van der Waals surface area (Å²) in [6, 6.07) is 8.66. The van der Waals surface area contributed by atoms with Gasteiger partial charge in [-0.25, -0.2) is 0 Å². The van der Waals surface area contributed by atoms with Crippen LogP contribution in [0.1, 0.15) is 19.4 Å². The van der Waals surface area contributed by atoms with E-state index in [1.807, 2.05) is 7.05 Å². The summed E-state index contributed by atoms with van der Waals surface area (Å²) < 4.78 is 0. The van der Waals surface area contributed by atoms with Crippen molar-refractivity contribution in [2.45, 2.75) is 20.3 Å². The molecule has 1 atom stereocenters. The van der Waals surface area contributed by atoms with E-state index in [0.29, 0.717) is 5.92 Å². The first-order valence-electron chi connectivity index (χ1n) is 9.72. The first-order chi connectivity index (χ1) is 12.2. The van der Waals surface area contributed by atoms with Crippen molar-refractivity contribution in [3.8, 4) is 0 Å². The number of fused-ring (bicyclic) bond motifs is 1. The van der Waals surface area contributed by atoms with Crippen LogP contribution in [0.4, 0.5) is 5.69 Å². The molecule has 0 bridgehead atoms. The molecule has 0 aliphatic carbocycles. The lowest BCUT2D eigenvalue weighted by Gasteiger charge is -2.35. The lowest BCUT2D eigenvalue weighted by atomic mass is 10.1. The van der Waals surface area contributed by atoms with Gasteiger partial charge in [-0.15, -0.1) is 0 Å². The minimum Gasteiger partial charge on any atom is -0.356 e. The second-order valence-electron chi connectivity index (χ2n) is 7.30. The van der Waals surface area contributed by atoms with Crippen molar-refractivity contribution in [3.05, 3.63) is 29.8 Å². The molecule has 2 aliphatic heterocycles. The van der Waals surface area contributed by atoms with E-state index in [2.05, 4.69) is 63.1 Å². The van der Waals surface area contributed by atoms with E-state index in [1.54, 1.807) is 0 Å². The van der Waals surface area contributed by atoms with Gasteiger partial charge in [-0.1, -0.05) is 32.0 Å². The number of para-hydroxylation sites is 1. The Morgan fingerprint density at radius 2 is 1.84 bits per heavy atom. The number of anilines is 1. The number of nitrogens with zero attached hydrogens (tertiary/aromatic N) is 4. The summed E-state index contributed by atoms with van der Waals surface area (Å²) >= 11 is 0. The quantitative estimate of drug-likeness (QED) is 0.654. The maximum Gasteiger partial charge on any atom is 0.198 e. The Labute approximate surface area is 152 Å². The Morgan fingerprint density at radius 1 is 1.12 bits per heavy atom. The van der Waals surface area contributed by atoms with Gasteiger partial charge in [0.15, 0.2) is 5.96 Å². The number of likely N-dealkylation sites (N-methyl/N-ethyl adjacent to an activating group) is 1. The maximum atomic E-state index is 4.52. The van der Waals surface area contributed by atoms with E-state index in [4.69, 9.17) is 0 Å². The molecule has 1 aromatic carbocycles. The normalized spacial score (nSPS) is 20.6. The van der Waals surface area contributed by atoms with E-state index in [0.717, 1.165) is 32.0 Å². The van der Waals surface area contributed by atoms with Gasteiger partial charge in [0.1, 0.15) is 0 Å². The molecular weight excluding hydrogens is 310 g/mol. The Morgan fingerprint density at radius 3 is 2.56 bits per heavy atom.